The highest BCUT2D eigenvalue weighted by atomic mass is 79.9. The molecule has 0 aliphatic heterocycles. The molecule has 0 amide bonds. The maximum absolute atomic E-state index is 13.0. The second-order valence-electron chi connectivity index (χ2n) is 4.29. The predicted molar refractivity (Wildman–Crippen MR) is 60.2 cm³/mol. The largest absolute Gasteiger partial charge is 0.207 e. The van der Waals surface area contributed by atoms with E-state index in [0.29, 0.717) is 10.2 Å². The van der Waals surface area contributed by atoms with Gasteiger partial charge in [0.1, 0.15) is 5.82 Å². The Bertz CT molecular complexity index is 329. The Kier molecular flexibility index (Phi) is 2.65. The van der Waals surface area contributed by atoms with Crippen molar-refractivity contribution in [1.29, 1.82) is 0 Å². The van der Waals surface area contributed by atoms with Crippen molar-refractivity contribution in [3.63, 3.8) is 0 Å². The van der Waals surface area contributed by atoms with E-state index < -0.39 is 0 Å². The Labute approximate surface area is 92.6 Å². The lowest BCUT2D eigenvalue weighted by Gasteiger charge is -2.17. The topological polar surface area (TPSA) is 0 Å². The zero-order chi connectivity index (χ0) is 10.2. The van der Waals surface area contributed by atoms with Crippen LogP contribution in [0.15, 0.2) is 24.3 Å². The van der Waals surface area contributed by atoms with Gasteiger partial charge in [-0.1, -0.05) is 35.0 Å². The number of benzene rings is 1. The molecule has 0 aromatic heterocycles. The van der Waals surface area contributed by atoms with Crippen molar-refractivity contribution >= 4 is 15.9 Å². The van der Waals surface area contributed by atoms with Crippen LogP contribution in [0.2, 0.25) is 0 Å². The van der Waals surface area contributed by atoms with Gasteiger partial charge in [-0.15, -0.1) is 0 Å². The monoisotopic (exact) mass is 256 g/mol. The third-order valence-electron chi connectivity index (χ3n) is 3.18. The molecule has 0 radical (unpaired) electrons. The van der Waals surface area contributed by atoms with E-state index in [2.05, 4.69) is 22.9 Å². The lowest BCUT2D eigenvalue weighted by molar-refractivity contribution is 0.506. The third-order valence-corrected chi connectivity index (χ3v) is 4.15. The fourth-order valence-electron chi connectivity index (χ4n) is 1.93. The lowest BCUT2D eigenvalue weighted by Crippen LogP contribution is -2.15. The molecule has 0 heterocycles. The van der Waals surface area contributed by atoms with Crippen LogP contribution >= 0.6 is 15.9 Å². The van der Waals surface area contributed by atoms with Crippen LogP contribution in [0.25, 0.3) is 0 Å². The Morgan fingerprint density at radius 3 is 2.71 bits per heavy atom. The molecule has 0 N–H and O–H groups in total. The Hall–Kier alpha value is -0.370. The SMILES string of the molecule is CC(Br)C1(Cc2cccc(F)c2)CC1. The summed E-state index contributed by atoms with van der Waals surface area (Å²) in [5.41, 5.74) is 1.52. The standard InChI is InChI=1S/C12H14BrF/c1-9(13)12(5-6-12)8-10-3-2-4-11(14)7-10/h2-4,7,9H,5-6,8H2,1H3. The molecular formula is C12H14BrF. The van der Waals surface area contributed by atoms with E-state index in [1.54, 1.807) is 12.1 Å². The molecule has 2 heteroatoms. The Morgan fingerprint density at radius 1 is 1.50 bits per heavy atom. The molecule has 1 aliphatic carbocycles. The van der Waals surface area contributed by atoms with Gasteiger partial charge in [0.15, 0.2) is 0 Å². The summed E-state index contributed by atoms with van der Waals surface area (Å²) in [4.78, 5) is 0.526. The molecule has 0 saturated heterocycles. The average molecular weight is 257 g/mol. The van der Waals surface area contributed by atoms with Gasteiger partial charge in [0.2, 0.25) is 0 Å². The van der Waals surface area contributed by atoms with Crippen molar-refractivity contribution in [1.82, 2.24) is 0 Å². The molecular weight excluding hydrogens is 243 g/mol. The minimum atomic E-state index is -0.125. The highest BCUT2D eigenvalue weighted by Crippen LogP contribution is 2.53. The van der Waals surface area contributed by atoms with Crippen molar-refractivity contribution in [2.45, 2.75) is 31.0 Å². The summed E-state index contributed by atoms with van der Waals surface area (Å²) >= 11 is 3.64. The molecule has 2 rings (SSSR count). The smallest absolute Gasteiger partial charge is 0.123 e. The van der Waals surface area contributed by atoms with E-state index in [1.807, 2.05) is 6.07 Å². The van der Waals surface area contributed by atoms with Crippen LogP contribution in [0.5, 0.6) is 0 Å². The van der Waals surface area contributed by atoms with Gasteiger partial charge in [-0.25, -0.2) is 4.39 Å². The molecule has 14 heavy (non-hydrogen) atoms. The van der Waals surface area contributed by atoms with Crippen molar-refractivity contribution < 1.29 is 4.39 Å². The molecule has 1 aromatic rings. The van der Waals surface area contributed by atoms with Crippen LogP contribution in [-0.2, 0) is 6.42 Å². The van der Waals surface area contributed by atoms with Gasteiger partial charge in [-0.3, -0.25) is 0 Å². The molecule has 1 fully saturated rings. The fraction of sp³-hybridized carbons (Fsp3) is 0.500. The summed E-state index contributed by atoms with van der Waals surface area (Å²) in [6.07, 6.45) is 3.52. The van der Waals surface area contributed by atoms with Gasteiger partial charge in [-0.05, 0) is 42.4 Å². The summed E-state index contributed by atoms with van der Waals surface area (Å²) in [5, 5.41) is 0. The van der Waals surface area contributed by atoms with E-state index in [0.717, 1.165) is 12.0 Å². The first-order chi connectivity index (χ1) is 6.62. The van der Waals surface area contributed by atoms with Crippen molar-refractivity contribution in [3.8, 4) is 0 Å². The lowest BCUT2D eigenvalue weighted by atomic mass is 9.94. The molecule has 1 atom stereocenters. The van der Waals surface area contributed by atoms with Crippen molar-refractivity contribution in [2.24, 2.45) is 5.41 Å². The highest BCUT2D eigenvalue weighted by Gasteiger charge is 2.45. The summed E-state index contributed by atoms with van der Waals surface area (Å²) in [5.74, 6) is -0.125. The van der Waals surface area contributed by atoms with Gasteiger partial charge in [0.05, 0.1) is 0 Å². The maximum atomic E-state index is 13.0. The van der Waals surface area contributed by atoms with Gasteiger partial charge in [0.25, 0.3) is 0 Å². The second kappa shape index (κ2) is 3.65. The molecule has 0 spiro atoms. The van der Waals surface area contributed by atoms with E-state index in [1.165, 1.54) is 18.9 Å². The maximum Gasteiger partial charge on any atom is 0.123 e. The predicted octanol–water partition coefficient (Wildman–Crippen LogP) is 3.93. The zero-order valence-corrected chi connectivity index (χ0v) is 9.85. The fourth-order valence-corrected chi connectivity index (χ4v) is 2.55. The third kappa shape index (κ3) is 2.00. The minimum Gasteiger partial charge on any atom is -0.207 e. The summed E-state index contributed by atoms with van der Waals surface area (Å²) < 4.78 is 13.0. The first-order valence-electron chi connectivity index (χ1n) is 5.01. The van der Waals surface area contributed by atoms with Gasteiger partial charge in [-0.2, -0.15) is 0 Å². The first kappa shape index (κ1) is 10.2. The number of hydrogen-bond acceptors (Lipinski definition) is 0. The second-order valence-corrected chi connectivity index (χ2v) is 5.66. The van der Waals surface area contributed by atoms with E-state index >= 15 is 0 Å². The van der Waals surface area contributed by atoms with E-state index in [4.69, 9.17) is 0 Å². The normalized spacial score (nSPS) is 20.5. The van der Waals surface area contributed by atoms with Gasteiger partial charge in [0, 0.05) is 4.83 Å². The molecule has 1 unspecified atom stereocenters. The highest BCUT2D eigenvalue weighted by molar-refractivity contribution is 9.09. The molecule has 1 aromatic carbocycles. The van der Waals surface area contributed by atoms with E-state index in [-0.39, 0.29) is 5.82 Å². The Morgan fingerprint density at radius 2 is 2.21 bits per heavy atom. The van der Waals surface area contributed by atoms with Crippen LogP contribution in [0.4, 0.5) is 4.39 Å². The average Bonchev–Trinajstić information content (AvgIpc) is 2.85. The minimum absolute atomic E-state index is 0.125. The van der Waals surface area contributed by atoms with Crippen LogP contribution in [0.1, 0.15) is 25.3 Å². The van der Waals surface area contributed by atoms with Crippen molar-refractivity contribution in [3.05, 3.63) is 35.6 Å². The van der Waals surface area contributed by atoms with Gasteiger partial charge < -0.3 is 0 Å². The Balaban J connectivity index is 2.11. The summed E-state index contributed by atoms with van der Waals surface area (Å²) in [7, 11) is 0. The number of rotatable bonds is 3. The van der Waals surface area contributed by atoms with Crippen molar-refractivity contribution in [2.75, 3.05) is 0 Å². The first-order valence-corrected chi connectivity index (χ1v) is 5.92. The molecule has 0 bridgehead atoms. The van der Waals surface area contributed by atoms with Crippen LogP contribution in [0, 0.1) is 11.2 Å². The number of halogens is 2. The zero-order valence-electron chi connectivity index (χ0n) is 8.26. The number of hydrogen-bond donors (Lipinski definition) is 0. The van der Waals surface area contributed by atoms with Crippen LogP contribution < -0.4 is 0 Å². The summed E-state index contributed by atoms with van der Waals surface area (Å²) in [6, 6.07) is 6.95. The van der Waals surface area contributed by atoms with Crippen LogP contribution in [-0.4, -0.2) is 4.83 Å². The van der Waals surface area contributed by atoms with Crippen LogP contribution in [0.3, 0.4) is 0 Å². The quantitative estimate of drug-likeness (QED) is 0.719. The summed E-state index contributed by atoms with van der Waals surface area (Å²) in [6.45, 7) is 2.19. The molecule has 0 nitrogen and oxygen atoms in total. The van der Waals surface area contributed by atoms with Gasteiger partial charge >= 0.3 is 0 Å². The molecule has 1 saturated carbocycles. The number of alkyl halides is 1. The molecule has 1 aliphatic rings. The van der Waals surface area contributed by atoms with E-state index in [9.17, 15) is 4.39 Å². The molecule has 76 valence electrons.